The lowest BCUT2D eigenvalue weighted by atomic mass is 9.73. The molecule has 2 heterocycles. The highest BCUT2D eigenvalue weighted by Crippen LogP contribution is 2.44. The molecule has 1 saturated heterocycles. The van der Waals surface area contributed by atoms with Crippen LogP contribution < -0.4 is 5.32 Å². The lowest BCUT2D eigenvalue weighted by molar-refractivity contribution is -0.128. The first-order valence-electron chi connectivity index (χ1n) is 7.55. The van der Waals surface area contributed by atoms with Crippen molar-refractivity contribution in [1.29, 1.82) is 0 Å². The standard InChI is InChI=1S/C17H24N2O/c1-13(20)16(2,3)19-10-8-17(9-11-19)12-18-15-7-5-4-6-14(15)17/h4-7,18H,8-12H2,1-3H3. The highest BCUT2D eigenvalue weighted by molar-refractivity contribution is 5.85. The minimum Gasteiger partial charge on any atom is -0.384 e. The smallest absolute Gasteiger partial charge is 0.149 e. The number of fused-ring (bicyclic) bond motifs is 2. The van der Waals surface area contributed by atoms with Gasteiger partial charge in [0.15, 0.2) is 0 Å². The van der Waals surface area contributed by atoms with Crippen molar-refractivity contribution in [3.63, 3.8) is 0 Å². The Hall–Kier alpha value is -1.35. The van der Waals surface area contributed by atoms with Gasteiger partial charge < -0.3 is 5.32 Å². The maximum atomic E-state index is 11.8. The second kappa shape index (κ2) is 4.59. The van der Waals surface area contributed by atoms with Crippen LogP contribution in [0.5, 0.6) is 0 Å². The van der Waals surface area contributed by atoms with Crippen molar-refractivity contribution in [2.24, 2.45) is 0 Å². The van der Waals surface area contributed by atoms with Crippen LogP contribution in [0.25, 0.3) is 0 Å². The average molecular weight is 272 g/mol. The quantitative estimate of drug-likeness (QED) is 0.898. The maximum absolute atomic E-state index is 11.8. The van der Waals surface area contributed by atoms with Gasteiger partial charge in [-0.25, -0.2) is 0 Å². The van der Waals surface area contributed by atoms with Crippen LogP contribution in [-0.2, 0) is 10.2 Å². The molecule has 1 N–H and O–H groups in total. The summed E-state index contributed by atoms with van der Waals surface area (Å²) in [4.78, 5) is 14.2. The van der Waals surface area contributed by atoms with Crippen molar-refractivity contribution in [3.05, 3.63) is 29.8 Å². The molecule has 0 atom stereocenters. The molecule has 0 radical (unpaired) electrons. The zero-order valence-electron chi connectivity index (χ0n) is 12.7. The third-order valence-electron chi connectivity index (χ3n) is 5.49. The summed E-state index contributed by atoms with van der Waals surface area (Å²) < 4.78 is 0. The van der Waals surface area contributed by atoms with E-state index in [-0.39, 0.29) is 16.7 Å². The number of rotatable bonds is 2. The number of benzene rings is 1. The predicted molar refractivity (Wildman–Crippen MR) is 82.2 cm³/mol. The summed E-state index contributed by atoms with van der Waals surface area (Å²) in [6, 6.07) is 8.68. The Kier molecular flexibility index (Phi) is 3.13. The number of hydrogen-bond acceptors (Lipinski definition) is 3. The third-order valence-corrected chi connectivity index (χ3v) is 5.49. The minimum absolute atomic E-state index is 0.262. The average Bonchev–Trinajstić information content (AvgIpc) is 2.79. The maximum Gasteiger partial charge on any atom is 0.149 e. The fourth-order valence-electron chi connectivity index (χ4n) is 3.62. The van der Waals surface area contributed by atoms with Crippen LogP contribution >= 0.6 is 0 Å². The molecule has 2 aliphatic rings. The Balaban J connectivity index is 1.79. The molecule has 0 aromatic heterocycles. The summed E-state index contributed by atoms with van der Waals surface area (Å²) >= 11 is 0. The summed E-state index contributed by atoms with van der Waals surface area (Å²) in [5.41, 5.74) is 2.72. The molecule has 3 rings (SSSR count). The highest BCUT2D eigenvalue weighted by atomic mass is 16.1. The fourth-order valence-corrected chi connectivity index (χ4v) is 3.62. The van der Waals surface area contributed by atoms with Gasteiger partial charge >= 0.3 is 0 Å². The van der Waals surface area contributed by atoms with Crippen LogP contribution in [0.3, 0.4) is 0 Å². The first-order chi connectivity index (χ1) is 9.46. The predicted octanol–water partition coefficient (Wildman–Crippen LogP) is 2.81. The van der Waals surface area contributed by atoms with Gasteiger partial charge in [-0.1, -0.05) is 18.2 Å². The van der Waals surface area contributed by atoms with Gasteiger partial charge in [0.2, 0.25) is 0 Å². The van der Waals surface area contributed by atoms with Crippen molar-refractivity contribution in [3.8, 4) is 0 Å². The number of para-hydroxylation sites is 1. The molecule has 0 unspecified atom stereocenters. The Morgan fingerprint density at radius 1 is 1.25 bits per heavy atom. The number of nitrogens with zero attached hydrogens (tertiary/aromatic N) is 1. The van der Waals surface area contributed by atoms with Crippen molar-refractivity contribution >= 4 is 11.5 Å². The summed E-state index contributed by atoms with van der Waals surface area (Å²) in [5.74, 6) is 0.262. The molecular formula is C17H24N2O. The number of ketones is 1. The number of Topliss-reactive ketones (excluding diaryl/α,β-unsaturated/α-hetero) is 1. The number of nitrogens with one attached hydrogen (secondary N) is 1. The molecule has 2 aliphatic heterocycles. The number of hydrogen-bond donors (Lipinski definition) is 1. The first kappa shape index (κ1) is 13.6. The normalized spacial score (nSPS) is 21.6. The van der Waals surface area contributed by atoms with E-state index in [9.17, 15) is 4.79 Å². The number of likely N-dealkylation sites (tertiary alicyclic amines) is 1. The highest BCUT2D eigenvalue weighted by Gasteiger charge is 2.44. The van der Waals surface area contributed by atoms with Crippen LogP contribution in [0.4, 0.5) is 5.69 Å². The van der Waals surface area contributed by atoms with E-state index in [1.54, 1.807) is 6.92 Å². The van der Waals surface area contributed by atoms with Gasteiger partial charge in [-0.15, -0.1) is 0 Å². The van der Waals surface area contributed by atoms with E-state index in [4.69, 9.17) is 0 Å². The molecule has 0 saturated carbocycles. The van der Waals surface area contributed by atoms with E-state index in [1.165, 1.54) is 11.3 Å². The minimum atomic E-state index is -0.326. The molecule has 3 nitrogen and oxygen atoms in total. The van der Waals surface area contributed by atoms with E-state index in [1.807, 2.05) is 13.8 Å². The van der Waals surface area contributed by atoms with E-state index in [2.05, 4.69) is 34.5 Å². The monoisotopic (exact) mass is 272 g/mol. The molecule has 0 aliphatic carbocycles. The van der Waals surface area contributed by atoms with Gasteiger partial charge in [-0.05, 0) is 45.2 Å². The molecule has 0 amide bonds. The first-order valence-corrected chi connectivity index (χ1v) is 7.55. The molecule has 1 aromatic carbocycles. The Labute approximate surface area is 121 Å². The largest absolute Gasteiger partial charge is 0.384 e. The van der Waals surface area contributed by atoms with Gasteiger partial charge in [0.05, 0.1) is 5.54 Å². The Morgan fingerprint density at radius 3 is 2.55 bits per heavy atom. The molecule has 3 heteroatoms. The molecule has 1 spiro atoms. The lowest BCUT2D eigenvalue weighted by Gasteiger charge is -2.45. The number of carbonyl (C=O) groups excluding carboxylic acids is 1. The fraction of sp³-hybridized carbons (Fsp3) is 0.588. The summed E-state index contributed by atoms with van der Waals surface area (Å²) in [6.45, 7) is 8.85. The van der Waals surface area contributed by atoms with Gasteiger partial charge in [0.25, 0.3) is 0 Å². The van der Waals surface area contributed by atoms with Crippen molar-refractivity contribution in [2.75, 3.05) is 25.0 Å². The van der Waals surface area contributed by atoms with Crippen LogP contribution in [0.15, 0.2) is 24.3 Å². The zero-order valence-corrected chi connectivity index (χ0v) is 12.7. The Morgan fingerprint density at radius 2 is 1.90 bits per heavy atom. The molecule has 108 valence electrons. The molecule has 20 heavy (non-hydrogen) atoms. The van der Waals surface area contributed by atoms with E-state index >= 15 is 0 Å². The SMILES string of the molecule is CC(=O)C(C)(C)N1CCC2(CC1)CNc1ccccc12. The lowest BCUT2D eigenvalue weighted by Crippen LogP contribution is -2.55. The van der Waals surface area contributed by atoms with Gasteiger partial charge in [0.1, 0.15) is 5.78 Å². The summed E-state index contributed by atoms with van der Waals surface area (Å²) in [7, 11) is 0. The van der Waals surface area contributed by atoms with E-state index in [0.717, 1.165) is 32.5 Å². The molecule has 1 fully saturated rings. The summed E-state index contributed by atoms with van der Waals surface area (Å²) in [6.07, 6.45) is 2.27. The second-order valence-electron chi connectivity index (χ2n) is 6.78. The van der Waals surface area contributed by atoms with E-state index < -0.39 is 0 Å². The number of piperidine rings is 1. The van der Waals surface area contributed by atoms with Crippen molar-refractivity contribution < 1.29 is 4.79 Å². The summed E-state index contributed by atoms with van der Waals surface area (Å²) in [5, 5.41) is 3.55. The number of carbonyl (C=O) groups is 1. The molecule has 0 bridgehead atoms. The van der Waals surface area contributed by atoms with Crippen molar-refractivity contribution in [1.82, 2.24) is 4.90 Å². The van der Waals surface area contributed by atoms with Crippen LogP contribution in [-0.4, -0.2) is 35.9 Å². The molecular weight excluding hydrogens is 248 g/mol. The third kappa shape index (κ3) is 1.96. The van der Waals surface area contributed by atoms with Crippen LogP contribution in [0, 0.1) is 0 Å². The van der Waals surface area contributed by atoms with Gasteiger partial charge in [0, 0.05) is 30.7 Å². The second-order valence-corrected chi connectivity index (χ2v) is 6.78. The number of anilines is 1. The van der Waals surface area contributed by atoms with Gasteiger partial charge in [-0.2, -0.15) is 0 Å². The zero-order chi connectivity index (χ0) is 14.4. The van der Waals surface area contributed by atoms with Crippen LogP contribution in [0.2, 0.25) is 0 Å². The Bertz CT molecular complexity index is 528. The van der Waals surface area contributed by atoms with Crippen molar-refractivity contribution in [2.45, 2.75) is 44.6 Å². The van der Waals surface area contributed by atoms with Crippen LogP contribution in [0.1, 0.15) is 39.2 Å². The topological polar surface area (TPSA) is 32.3 Å². The van der Waals surface area contributed by atoms with E-state index in [0.29, 0.717) is 0 Å². The molecule has 1 aromatic rings. The van der Waals surface area contributed by atoms with Gasteiger partial charge in [-0.3, -0.25) is 9.69 Å².